The Hall–Kier alpha value is -2.60. The van der Waals surface area contributed by atoms with Crippen LogP contribution in [0.4, 0.5) is 13.2 Å². The molecule has 0 bridgehead atoms. The van der Waals surface area contributed by atoms with Crippen LogP contribution >= 0.6 is 0 Å². The van der Waals surface area contributed by atoms with E-state index in [0.29, 0.717) is 19.0 Å². The molecule has 1 heterocycles. The quantitative estimate of drug-likeness (QED) is 0.710. The van der Waals surface area contributed by atoms with Gasteiger partial charge < -0.3 is 9.73 Å². The smallest absolute Gasteiger partial charge is 0.416 e. The summed E-state index contributed by atoms with van der Waals surface area (Å²) in [5, 5.41) is 3.15. The maximum Gasteiger partial charge on any atom is 0.416 e. The van der Waals surface area contributed by atoms with E-state index in [4.69, 9.17) is 4.42 Å². The normalized spacial score (nSPS) is 11.7. The largest absolute Gasteiger partial charge is 0.444 e. The fourth-order valence-corrected chi connectivity index (χ4v) is 2.47. The van der Waals surface area contributed by atoms with Crippen molar-refractivity contribution in [2.24, 2.45) is 0 Å². The van der Waals surface area contributed by atoms with Crippen LogP contribution in [0.5, 0.6) is 0 Å². The van der Waals surface area contributed by atoms with Crippen LogP contribution in [0.3, 0.4) is 0 Å². The first-order chi connectivity index (χ1) is 11.9. The number of nitrogens with one attached hydrogen (secondary N) is 1. The van der Waals surface area contributed by atoms with Crippen LogP contribution in [0.1, 0.15) is 22.4 Å². The number of alkyl halides is 3. The fraction of sp³-hybridized carbons (Fsp3) is 0.211. The Bertz CT molecular complexity index is 838. The highest BCUT2D eigenvalue weighted by molar-refractivity contribution is 5.58. The van der Waals surface area contributed by atoms with Crippen molar-refractivity contribution in [1.29, 1.82) is 0 Å². The first-order valence-electron chi connectivity index (χ1n) is 7.81. The summed E-state index contributed by atoms with van der Waals surface area (Å²) in [7, 11) is 0. The number of hydrogen-bond donors (Lipinski definition) is 1. The molecule has 6 heteroatoms. The van der Waals surface area contributed by atoms with E-state index in [1.165, 1.54) is 12.1 Å². The monoisotopic (exact) mass is 346 g/mol. The van der Waals surface area contributed by atoms with Gasteiger partial charge in [0.2, 0.25) is 5.89 Å². The minimum absolute atomic E-state index is 0.449. The maximum atomic E-state index is 12.5. The van der Waals surface area contributed by atoms with E-state index in [-0.39, 0.29) is 0 Å². The molecule has 0 spiro atoms. The highest BCUT2D eigenvalue weighted by atomic mass is 19.4. The van der Waals surface area contributed by atoms with E-state index in [2.05, 4.69) is 10.3 Å². The van der Waals surface area contributed by atoms with Crippen molar-refractivity contribution in [1.82, 2.24) is 10.3 Å². The van der Waals surface area contributed by atoms with Gasteiger partial charge in [0.1, 0.15) is 6.26 Å². The van der Waals surface area contributed by atoms with Crippen LogP contribution in [0.25, 0.3) is 11.5 Å². The van der Waals surface area contributed by atoms with Gasteiger partial charge >= 0.3 is 6.18 Å². The molecule has 0 fully saturated rings. The van der Waals surface area contributed by atoms with Gasteiger partial charge in [-0.2, -0.15) is 13.2 Å². The third-order valence-electron chi connectivity index (χ3n) is 3.84. The Morgan fingerprint density at radius 3 is 2.40 bits per heavy atom. The molecule has 0 atom stereocenters. The zero-order chi connectivity index (χ0) is 17.9. The van der Waals surface area contributed by atoms with Gasteiger partial charge in [-0.3, -0.25) is 0 Å². The molecular weight excluding hydrogens is 329 g/mol. The van der Waals surface area contributed by atoms with Gasteiger partial charge in [0.25, 0.3) is 0 Å². The molecule has 3 aromatic rings. The standard InChI is InChI=1S/C19H17F3N2O/c1-13-4-2-3-5-17(13)18-24-16(12-25-18)11-23-10-14-6-8-15(9-7-14)19(20,21)22/h2-9,12,23H,10-11H2,1H3. The minimum atomic E-state index is -4.31. The van der Waals surface area contributed by atoms with Crippen molar-refractivity contribution < 1.29 is 17.6 Å². The Morgan fingerprint density at radius 1 is 1.00 bits per heavy atom. The minimum Gasteiger partial charge on any atom is -0.444 e. The van der Waals surface area contributed by atoms with Crippen LogP contribution in [-0.2, 0) is 19.3 Å². The summed E-state index contributed by atoms with van der Waals surface area (Å²) < 4.78 is 43.1. The summed E-state index contributed by atoms with van der Waals surface area (Å²) in [6.07, 6.45) is -2.72. The Kier molecular flexibility index (Phi) is 4.90. The van der Waals surface area contributed by atoms with E-state index in [1.54, 1.807) is 6.26 Å². The van der Waals surface area contributed by atoms with Gasteiger partial charge in [-0.1, -0.05) is 30.3 Å². The number of hydrogen-bond acceptors (Lipinski definition) is 3. The van der Waals surface area contributed by atoms with E-state index >= 15 is 0 Å². The topological polar surface area (TPSA) is 38.1 Å². The maximum absolute atomic E-state index is 12.5. The van der Waals surface area contributed by atoms with Crippen molar-refractivity contribution in [3.05, 3.63) is 77.2 Å². The number of benzene rings is 2. The lowest BCUT2D eigenvalue weighted by molar-refractivity contribution is -0.137. The zero-order valence-corrected chi connectivity index (χ0v) is 13.6. The van der Waals surface area contributed by atoms with Crippen molar-refractivity contribution in [3.63, 3.8) is 0 Å². The van der Waals surface area contributed by atoms with Crippen LogP contribution in [0.15, 0.2) is 59.2 Å². The lowest BCUT2D eigenvalue weighted by atomic mass is 10.1. The summed E-state index contributed by atoms with van der Waals surface area (Å²) >= 11 is 0. The highest BCUT2D eigenvalue weighted by Crippen LogP contribution is 2.29. The summed E-state index contributed by atoms with van der Waals surface area (Å²) in [4.78, 5) is 4.44. The van der Waals surface area contributed by atoms with Crippen LogP contribution in [0, 0.1) is 6.92 Å². The molecule has 0 unspecified atom stereocenters. The molecule has 3 rings (SSSR count). The van der Waals surface area contributed by atoms with E-state index in [0.717, 1.165) is 34.5 Å². The first-order valence-corrected chi connectivity index (χ1v) is 7.81. The second-order valence-corrected chi connectivity index (χ2v) is 5.76. The number of aromatic nitrogens is 1. The van der Waals surface area contributed by atoms with E-state index in [9.17, 15) is 13.2 Å². The van der Waals surface area contributed by atoms with Crippen molar-refractivity contribution in [3.8, 4) is 11.5 Å². The van der Waals surface area contributed by atoms with Gasteiger partial charge in [-0.15, -0.1) is 0 Å². The summed E-state index contributed by atoms with van der Waals surface area (Å²) in [6.45, 7) is 2.91. The Labute approximate surface area is 143 Å². The van der Waals surface area contributed by atoms with Gasteiger partial charge in [0, 0.05) is 18.7 Å². The molecule has 2 aromatic carbocycles. The van der Waals surface area contributed by atoms with Gasteiger partial charge in [0.15, 0.2) is 0 Å². The predicted molar refractivity (Wildman–Crippen MR) is 88.7 cm³/mol. The predicted octanol–water partition coefficient (Wildman–Crippen LogP) is 4.96. The molecule has 1 aromatic heterocycles. The van der Waals surface area contributed by atoms with Crippen LogP contribution in [-0.4, -0.2) is 4.98 Å². The van der Waals surface area contributed by atoms with E-state index in [1.807, 2.05) is 31.2 Å². The van der Waals surface area contributed by atoms with Crippen molar-refractivity contribution in [2.45, 2.75) is 26.2 Å². The first kappa shape index (κ1) is 17.2. The third-order valence-corrected chi connectivity index (χ3v) is 3.84. The molecule has 0 aliphatic carbocycles. The summed E-state index contributed by atoms with van der Waals surface area (Å²) in [6, 6.07) is 12.9. The molecular formula is C19H17F3N2O. The lowest BCUT2D eigenvalue weighted by Gasteiger charge is -2.08. The lowest BCUT2D eigenvalue weighted by Crippen LogP contribution is -2.13. The van der Waals surface area contributed by atoms with Gasteiger partial charge in [-0.25, -0.2) is 4.98 Å². The molecule has 3 nitrogen and oxygen atoms in total. The molecule has 130 valence electrons. The molecule has 0 saturated carbocycles. The Balaban J connectivity index is 1.57. The van der Waals surface area contributed by atoms with E-state index < -0.39 is 11.7 Å². The molecule has 0 radical (unpaired) electrons. The SMILES string of the molecule is Cc1ccccc1-c1nc(CNCc2ccc(C(F)(F)F)cc2)co1. The number of oxazole rings is 1. The average Bonchev–Trinajstić information content (AvgIpc) is 3.03. The number of aryl methyl sites for hydroxylation is 1. The fourth-order valence-electron chi connectivity index (χ4n) is 2.47. The zero-order valence-electron chi connectivity index (χ0n) is 13.6. The molecule has 0 amide bonds. The number of halogens is 3. The molecule has 0 aliphatic heterocycles. The average molecular weight is 346 g/mol. The highest BCUT2D eigenvalue weighted by Gasteiger charge is 2.29. The van der Waals surface area contributed by atoms with Crippen LogP contribution < -0.4 is 5.32 Å². The molecule has 25 heavy (non-hydrogen) atoms. The molecule has 1 N–H and O–H groups in total. The second-order valence-electron chi connectivity index (χ2n) is 5.76. The number of rotatable bonds is 5. The van der Waals surface area contributed by atoms with Crippen molar-refractivity contribution in [2.75, 3.05) is 0 Å². The van der Waals surface area contributed by atoms with Crippen LogP contribution in [0.2, 0.25) is 0 Å². The second kappa shape index (κ2) is 7.11. The number of nitrogens with zero attached hydrogens (tertiary/aromatic N) is 1. The van der Waals surface area contributed by atoms with Crippen molar-refractivity contribution >= 4 is 0 Å². The molecule has 0 saturated heterocycles. The summed E-state index contributed by atoms with van der Waals surface area (Å²) in [5.74, 6) is 0.560. The molecule has 0 aliphatic rings. The summed E-state index contributed by atoms with van der Waals surface area (Å²) in [5.41, 5.74) is 2.89. The third kappa shape index (κ3) is 4.28. The van der Waals surface area contributed by atoms with Gasteiger partial charge in [0.05, 0.1) is 11.3 Å². The Morgan fingerprint density at radius 2 is 1.72 bits per heavy atom. The van der Waals surface area contributed by atoms with Gasteiger partial charge in [-0.05, 0) is 36.2 Å².